The van der Waals surface area contributed by atoms with E-state index >= 15 is 0 Å². The summed E-state index contributed by atoms with van der Waals surface area (Å²) in [5, 5.41) is 0. The second kappa shape index (κ2) is 41.1. The lowest BCUT2D eigenvalue weighted by atomic mass is 10.0. The van der Waals surface area contributed by atoms with Crippen molar-refractivity contribution < 1.29 is 42.1 Å². The maximum Gasteiger partial charge on any atom is 0.306 e. The van der Waals surface area contributed by atoms with Crippen LogP contribution in [0.1, 0.15) is 232 Å². The number of carbonyl (C=O) groups excluding carboxylic acids is 2. The average Bonchev–Trinajstić information content (AvgIpc) is 3.17. The van der Waals surface area contributed by atoms with Crippen LogP contribution in [0.5, 0.6) is 0 Å². The fourth-order valence-electron chi connectivity index (χ4n) is 6.95. The zero-order valence-corrected chi connectivity index (χ0v) is 39.7. The summed E-state index contributed by atoms with van der Waals surface area (Å²) in [6.07, 6.45) is 43.8. The summed E-state index contributed by atoms with van der Waals surface area (Å²) < 4.78 is 34.0. The third kappa shape index (κ3) is 44.3. The first-order valence-corrected chi connectivity index (χ1v) is 25.9. The summed E-state index contributed by atoms with van der Waals surface area (Å²) in [4.78, 5) is 37.6. The quantitative estimate of drug-likeness (QED) is 0.0196. The first-order chi connectivity index (χ1) is 28.0. The smallest absolute Gasteiger partial charge is 0.306 e. The fourth-order valence-corrected chi connectivity index (χ4v) is 7.67. The monoisotopic (exact) mass is 844 g/mol. The van der Waals surface area contributed by atoms with Crippen LogP contribution >= 0.6 is 7.82 Å². The summed E-state index contributed by atoms with van der Waals surface area (Å²) in [6, 6.07) is 0. The average molecular weight is 844 g/mol. The molecular formula is C48H94NO8P. The standard InChI is InChI=1S/C48H94NO8P/c1-6-8-10-12-14-16-18-20-22-24-26-28-30-32-34-36-38-40-47(50)54-44-46(45-56-58(52,53)55-43-42-49(3,4)5)57-48(51)41-39-37-35-33-31-29-27-25-23-21-19-17-15-13-11-9-7-2/h27,29,46H,6-26,28,30-45H2,1-5H3/b29-27-/t46-/m1/s1. The van der Waals surface area contributed by atoms with Crippen molar-refractivity contribution in [3.8, 4) is 0 Å². The summed E-state index contributed by atoms with van der Waals surface area (Å²) in [5.41, 5.74) is 0. The van der Waals surface area contributed by atoms with Crippen LogP contribution in [0.2, 0.25) is 0 Å². The van der Waals surface area contributed by atoms with Crippen LogP contribution in [0.25, 0.3) is 0 Å². The van der Waals surface area contributed by atoms with Gasteiger partial charge in [-0.05, 0) is 38.5 Å². The minimum absolute atomic E-state index is 0.0296. The number of hydrogen-bond donors (Lipinski definition) is 0. The number of esters is 2. The van der Waals surface area contributed by atoms with Gasteiger partial charge in [-0.25, -0.2) is 0 Å². The van der Waals surface area contributed by atoms with Gasteiger partial charge in [-0.1, -0.05) is 193 Å². The van der Waals surface area contributed by atoms with Crippen molar-refractivity contribution in [1.29, 1.82) is 0 Å². The zero-order valence-electron chi connectivity index (χ0n) is 38.8. The van der Waals surface area contributed by atoms with Crippen molar-refractivity contribution in [2.24, 2.45) is 0 Å². The summed E-state index contributed by atoms with van der Waals surface area (Å²) >= 11 is 0. The molecule has 0 amide bonds. The van der Waals surface area contributed by atoms with E-state index in [-0.39, 0.29) is 32.0 Å². The number of allylic oxidation sites excluding steroid dienone is 2. The molecule has 0 N–H and O–H groups in total. The van der Waals surface area contributed by atoms with Gasteiger partial charge in [-0.3, -0.25) is 14.2 Å². The van der Waals surface area contributed by atoms with Crippen molar-refractivity contribution >= 4 is 19.8 Å². The van der Waals surface area contributed by atoms with E-state index in [1.807, 2.05) is 21.1 Å². The minimum atomic E-state index is -4.62. The Balaban J connectivity index is 4.28. The summed E-state index contributed by atoms with van der Waals surface area (Å²) in [5.74, 6) is -0.834. The maximum atomic E-state index is 12.7. The lowest BCUT2D eigenvalue weighted by molar-refractivity contribution is -0.870. The van der Waals surface area contributed by atoms with Crippen molar-refractivity contribution in [2.75, 3.05) is 47.5 Å². The zero-order chi connectivity index (χ0) is 42.8. The van der Waals surface area contributed by atoms with Crippen molar-refractivity contribution in [2.45, 2.75) is 238 Å². The van der Waals surface area contributed by atoms with Gasteiger partial charge in [0.15, 0.2) is 6.10 Å². The molecule has 0 heterocycles. The number of carbonyl (C=O) groups is 2. The molecule has 0 aliphatic carbocycles. The first-order valence-electron chi connectivity index (χ1n) is 24.4. The molecule has 10 heteroatoms. The van der Waals surface area contributed by atoms with E-state index in [0.717, 1.165) is 51.4 Å². The van der Waals surface area contributed by atoms with Crippen LogP contribution in [-0.2, 0) is 32.7 Å². The molecule has 0 fully saturated rings. The molecule has 0 aliphatic heterocycles. The molecule has 0 radical (unpaired) electrons. The number of likely N-dealkylation sites (N-methyl/N-ethyl adjacent to an activating group) is 1. The first kappa shape index (κ1) is 56.8. The van der Waals surface area contributed by atoms with Crippen LogP contribution in [0.15, 0.2) is 12.2 Å². The Morgan fingerprint density at radius 3 is 1.28 bits per heavy atom. The predicted molar refractivity (Wildman–Crippen MR) is 241 cm³/mol. The van der Waals surface area contributed by atoms with Gasteiger partial charge in [0.1, 0.15) is 19.8 Å². The number of nitrogens with zero attached hydrogens (tertiary/aromatic N) is 1. The van der Waals surface area contributed by atoms with E-state index < -0.39 is 26.5 Å². The van der Waals surface area contributed by atoms with Gasteiger partial charge in [-0.15, -0.1) is 0 Å². The Labute approximate surface area is 358 Å². The Hall–Kier alpha value is -1.25. The number of unbranched alkanes of at least 4 members (excludes halogenated alkanes) is 29. The van der Waals surface area contributed by atoms with Crippen LogP contribution < -0.4 is 4.89 Å². The molecule has 344 valence electrons. The van der Waals surface area contributed by atoms with Crippen LogP contribution in [-0.4, -0.2) is 70.0 Å². The highest BCUT2D eigenvalue weighted by atomic mass is 31.2. The SMILES string of the molecule is CCCCCCCCCCC/C=C\CCCCCCC(=O)O[C@H](COC(=O)CCCCCCCCCCCCCCCCCCC)COP(=O)([O-])OCC[N+](C)(C)C. The molecular weight excluding hydrogens is 750 g/mol. The summed E-state index contributed by atoms with van der Waals surface area (Å²) in [7, 11) is 1.17. The van der Waals surface area contributed by atoms with Gasteiger partial charge >= 0.3 is 11.9 Å². The molecule has 0 spiro atoms. The van der Waals surface area contributed by atoms with Crippen molar-refractivity contribution in [3.63, 3.8) is 0 Å². The highest BCUT2D eigenvalue weighted by Crippen LogP contribution is 2.38. The van der Waals surface area contributed by atoms with Gasteiger partial charge in [0, 0.05) is 12.8 Å². The third-order valence-corrected chi connectivity index (χ3v) is 11.7. The van der Waals surface area contributed by atoms with E-state index in [4.69, 9.17) is 18.5 Å². The van der Waals surface area contributed by atoms with Crippen LogP contribution in [0.4, 0.5) is 0 Å². The second-order valence-electron chi connectivity index (χ2n) is 17.8. The van der Waals surface area contributed by atoms with Gasteiger partial charge in [0.05, 0.1) is 27.7 Å². The lowest BCUT2D eigenvalue weighted by Crippen LogP contribution is -2.37. The summed E-state index contributed by atoms with van der Waals surface area (Å²) in [6.45, 7) is 4.26. The Morgan fingerprint density at radius 2 is 0.879 bits per heavy atom. The molecule has 0 aromatic heterocycles. The van der Waals surface area contributed by atoms with Gasteiger partial charge in [-0.2, -0.15) is 0 Å². The Kier molecular flexibility index (Phi) is 40.2. The highest BCUT2D eigenvalue weighted by molar-refractivity contribution is 7.45. The lowest BCUT2D eigenvalue weighted by Gasteiger charge is -2.28. The molecule has 9 nitrogen and oxygen atoms in total. The molecule has 0 aromatic carbocycles. The molecule has 0 aromatic rings. The van der Waals surface area contributed by atoms with Crippen molar-refractivity contribution in [1.82, 2.24) is 0 Å². The van der Waals surface area contributed by atoms with E-state index in [0.29, 0.717) is 17.4 Å². The third-order valence-electron chi connectivity index (χ3n) is 10.8. The molecule has 2 atom stereocenters. The van der Waals surface area contributed by atoms with Gasteiger partial charge < -0.3 is 27.9 Å². The number of rotatable bonds is 45. The number of phosphoric acid groups is 1. The van der Waals surface area contributed by atoms with E-state index in [1.165, 1.54) is 148 Å². The van der Waals surface area contributed by atoms with Gasteiger partial charge in [0.25, 0.3) is 7.82 Å². The number of ether oxygens (including phenoxy) is 2. The predicted octanol–water partition coefficient (Wildman–Crippen LogP) is 13.5. The highest BCUT2D eigenvalue weighted by Gasteiger charge is 2.21. The molecule has 0 bridgehead atoms. The molecule has 58 heavy (non-hydrogen) atoms. The van der Waals surface area contributed by atoms with Crippen LogP contribution in [0, 0.1) is 0 Å². The number of quaternary nitrogens is 1. The number of phosphoric ester groups is 1. The fraction of sp³-hybridized carbons (Fsp3) is 0.917. The molecule has 0 rings (SSSR count). The van der Waals surface area contributed by atoms with E-state index in [9.17, 15) is 19.0 Å². The topological polar surface area (TPSA) is 111 Å². The van der Waals surface area contributed by atoms with Crippen molar-refractivity contribution in [3.05, 3.63) is 12.2 Å². The second-order valence-corrected chi connectivity index (χ2v) is 19.2. The van der Waals surface area contributed by atoms with Crippen LogP contribution in [0.3, 0.4) is 0 Å². The molecule has 0 saturated carbocycles. The minimum Gasteiger partial charge on any atom is -0.756 e. The van der Waals surface area contributed by atoms with E-state index in [2.05, 4.69) is 26.0 Å². The van der Waals surface area contributed by atoms with Gasteiger partial charge in [0.2, 0.25) is 0 Å². The Morgan fingerprint density at radius 1 is 0.517 bits per heavy atom. The molecule has 0 aliphatic rings. The molecule has 0 saturated heterocycles. The Bertz CT molecular complexity index is 1000. The van der Waals surface area contributed by atoms with E-state index in [1.54, 1.807) is 0 Å². The number of hydrogen-bond acceptors (Lipinski definition) is 8. The molecule has 1 unspecified atom stereocenters. The normalized spacial score (nSPS) is 13.6. The maximum absolute atomic E-state index is 12.7. The largest absolute Gasteiger partial charge is 0.756 e.